The van der Waals surface area contributed by atoms with Crippen molar-refractivity contribution in [3.05, 3.63) is 51.8 Å². The molecule has 0 aliphatic heterocycles. The number of hydrogen-bond acceptors (Lipinski definition) is 2. The van der Waals surface area contributed by atoms with Gasteiger partial charge in [-0.3, -0.25) is 4.68 Å². The number of hydrogen-bond donors (Lipinski definition) is 1. The average molecular weight is 350 g/mol. The minimum atomic E-state index is 0.395. The highest BCUT2D eigenvalue weighted by atomic mass is 79.9. The average Bonchev–Trinajstić information content (AvgIpc) is 2.88. The van der Waals surface area contributed by atoms with Crippen molar-refractivity contribution < 1.29 is 0 Å². The Morgan fingerprint density at radius 2 is 2.14 bits per heavy atom. The Morgan fingerprint density at radius 1 is 1.33 bits per heavy atom. The van der Waals surface area contributed by atoms with Crippen molar-refractivity contribution in [1.29, 1.82) is 0 Å². The normalized spacial score (nSPS) is 12.6. The van der Waals surface area contributed by atoms with Crippen LogP contribution in [-0.2, 0) is 13.5 Å². The maximum absolute atomic E-state index is 4.25. The van der Waals surface area contributed by atoms with Crippen LogP contribution in [0.4, 0.5) is 0 Å². The highest BCUT2D eigenvalue weighted by Gasteiger charge is 2.12. The number of aryl methyl sites for hydroxylation is 3. The zero-order valence-electron chi connectivity index (χ0n) is 13.1. The van der Waals surface area contributed by atoms with Gasteiger partial charge in [-0.1, -0.05) is 35.0 Å². The molecular weight excluding hydrogens is 326 g/mol. The molecule has 0 aliphatic rings. The van der Waals surface area contributed by atoms with Crippen molar-refractivity contribution in [2.45, 2.75) is 39.2 Å². The zero-order chi connectivity index (χ0) is 15.2. The summed E-state index contributed by atoms with van der Waals surface area (Å²) in [7, 11) is 2.01. The molecule has 0 bridgehead atoms. The summed E-state index contributed by atoms with van der Waals surface area (Å²) in [4.78, 5) is 0. The molecular formula is C17H24BrN3. The van der Waals surface area contributed by atoms with E-state index in [4.69, 9.17) is 0 Å². The van der Waals surface area contributed by atoms with E-state index in [1.807, 2.05) is 17.9 Å². The van der Waals surface area contributed by atoms with Gasteiger partial charge in [0.1, 0.15) is 0 Å². The van der Waals surface area contributed by atoms with Crippen LogP contribution < -0.4 is 5.32 Å². The van der Waals surface area contributed by atoms with Gasteiger partial charge in [0.05, 0.1) is 0 Å². The molecule has 1 unspecified atom stereocenters. The summed E-state index contributed by atoms with van der Waals surface area (Å²) in [5.41, 5.74) is 3.94. The molecule has 0 saturated heterocycles. The summed E-state index contributed by atoms with van der Waals surface area (Å²) >= 11 is 3.58. The van der Waals surface area contributed by atoms with Crippen molar-refractivity contribution in [1.82, 2.24) is 15.1 Å². The quantitative estimate of drug-likeness (QED) is 0.812. The van der Waals surface area contributed by atoms with Gasteiger partial charge in [-0.2, -0.15) is 5.10 Å². The first-order valence-electron chi connectivity index (χ1n) is 7.58. The lowest BCUT2D eigenvalue weighted by Gasteiger charge is -2.20. The molecule has 0 amide bonds. The van der Waals surface area contributed by atoms with Gasteiger partial charge in [-0.25, -0.2) is 0 Å². The third kappa shape index (κ3) is 4.42. The Hall–Kier alpha value is -1.13. The smallest absolute Gasteiger partial charge is 0.0492 e. The van der Waals surface area contributed by atoms with Crippen molar-refractivity contribution in [3.8, 4) is 0 Å². The Morgan fingerprint density at radius 3 is 2.76 bits per heavy atom. The molecule has 0 spiro atoms. The highest BCUT2D eigenvalue weighted by molar-refractivity contribution is 9.10. The van der Waals surface area contributed by atoms with Crippen LogP contribution in [0.25, 0.3) is 0 Å². The fourth-order valence-electron chi connectivity index (χ4n) is 2.53. The third-order valence-corrected chi connectivity index (χ3v) is 4.73. The second-order valence-electron chi connectivity index (χ2n) is 5.50. The van der Waals surface area contributed by atoms with Crippen LogP contribution in [0.2, 0.25) is 0 Å². The Kier molecular flexibility index (Phi) is 6.00. The van der Waals surface area contributed by atoms with E-state index in [9.17, 15) is 0 Å². The van der Waals surface area contributed by atoms with Crippen molar-refractivity contribution >= 4 is 15.9 Å². The predicted octanol–water partition coefficient (Wildman–Crippen LogP) is 4.16. The van der Waals surface area contributed by atoms with Gasteiger partial charge in [-0.05, 0) is 56.0 Å². The number of aromatic nitrogens is 2. The van der Waals surface area contributed by atoms with Crippen LogP contribution in [0.5, 0.6) is 0 Å². The molecule has 0 radical (unpaired) electrons. The topological polar surface area (TPSA) is 29.9 Å². The van der Waals surface area contributed by atoms with E-state index >= 15 is 0 Å². The summed E-state index contributed by atoms with van der Waals surface area (Å²) < 4.78 is 3.14. The summed E-state index contributed by atoms with van der Waals surface area (Å²) in [6, 6.07) is 9.14. The number of nitrogens with zero attached hydrogens (tertiary/aromatic N) is 2. The first-order valence-corrected chi connectivity index (χ1v) is 8.37. The lowest BCUT2D eigenvalue weighted by Crippen LogP contribution is -2.23. The molecule has 2 rings (SSSR count). The first kappa shape index (κ1) is 16.2. The van der Waals surface area contributed by atoms with E-state index in [0.29, 0.717) is 6.04 Å². The minimum absolute atomic E-state index is 0.395. The van der Waals surface area contributed by atoms with Gasteiger partial charge in [0.25, 0.3) is 0 Å². The second kappa shape index (κ2) is 7.76. The Bertz CT molecular complexity index is 577. The molecule has 21 heavy (non-hydrogen) atoms. The highest BCUT2D eigenvalue weighted by Crippen LogP contribution is 2.24. The van der Waals surface area contributed by atoms with Gasteiger partial charge in [0.15, 0.2) is 0 Å². The Labute approximate surface area is 135 Å². The van der Waals surface area contributed by atoms with Gasteiger partial charge in [0.2, 0.25) is 0 Å². The van der Waals surface area contributed by atoms with E-state index in [0.717, 1.165) is 25.8 Å². The van der Waals surface area contributed by atoms with Crippen LogP contribution in [0.1, 0.15) is 42.6 Å². The van der Waals surface area contributed by atoms with Gasteiger partial charge < -0.3 is 5.32 Å². The summed E-state index contributed by atoms with van der Waals surface area (Å²) in [5.74, 6) is 0. The zero-order valence-corrected chi connectivity index (χ0v) is 14.7. The molecule has 1 aromatic carbocycles. The van der Waals surface area contributed by atoms with Crippen LogP contribution in [0.15, 0.2) is 34.9 Å². The fourth-order valence-corrected chi connectivity index (χ4v) is 2.78. The van der Waals surface area contributed by atoms with E-state index in [-0.39, 0.29) is 0 Å². The number of rotatable bonds is 7. The monoisotopic (exact) mass is 349 g/mol. The van der Waals surface area contributed by atoms with E-state index in [1.165, 1.54) is 21.3 Å². The van der Waals surface area contributed by atoms with Gasteiger partial charge in [-0.15, -0.1) is 0 Å². The maximum atomic E-state index is 4.25. The Balaban J connectivity index is 2.09. The second-order valence-corrected chi connectivity index (χ2v) is 6.35. The minimum Gasteiger partial charge on any atom is -0.310 e. The van der Waals surface area contributed by atoms with Crippen molar-refractivity contribution in [3.63, 3.8) is 0 Å². The molecule has 114 valence electrons. The lowest BCUT2D eigenvalue weighted by atomic mass is 9.99. The number of benzene rings is 1. The molecule has 1 aromatic heterocycles. The molecule has 1 N–H and O–H groups in total. The van der Waals surface area contributed by atoms with Gasteiger partial charge in [0, 0.05) is 29.5 Å². The molecule has 0 fully saturated rings. The molecule has 1 atom stereocenters. The van der Waals surface area contributed by atoms with Crippen LogP contribution >= 0.6 is 15.9 Å². The van der Waals surface area contributed by atoms with E-state index in [1.54, 1.807) is 0 Å². The SMILES string of the molecule is CCCNC(CCc1ccnn1C)c1ccc(Br)c(C)c1. The molecule has 4 heteroatoms. The molecule has 3 nitrogen and oxygen atoms in total. The number of halogens is 1. The van der Waals surface area contributed by atoms with Crippen LogP contribution in [0.3, 0.4) is 0 Å². The molecule has 2 aromatic rings. The fraction of sp³-hybridized carbons (Fsp3) is 0.471. The van der Waals surface area contributed by atoms with Crippen molar-refractivity contribution in [2.75, 3.05) is 6.54 Å². The molecule has 0 saturated carbocycles. The van der Waals surface area contributed by atoms with Gasteiger partial charge >= 0.3 is 0 Å². The summed E-state index contributed by atoms with van der Waals surface area (Å²) in [6.07, 6.45) is 5.14. The molecule has 1 heterocycles. The van der Waals surface area contributed by atoms with E-state index < -0.39 is 0 Å². The lowest BCUT2D eigenvalue weighted by molar-refractivity contribution is 0.491. The number of nitrogens with one attached hydrogen (secondary N) is 1. The van der Waals surface area contributed by atoms with Crippen LogP contribution in [0, 0.1) is 6.92 Å². The summed E-state index contributed by atoms with van der Waals surface area (Å²) in [6.45, 7) is 5.40. The standard InChI is InChI=1S/C17H24BrN3/c1-4-10-19-17(8-6-15-9-11-20-21(15)3)14-5-7-16(18)13(2)12-14/h5,7,9,11-12,17,19H,4,6,8,10H2,1-3H3. The maximum Gasteiger partial charge on any atom is 0.0492 e. The van der Waals surface area contributed by atoms with Crippen molar-refractivity contribution in [2.24, 2.45) is 7.05 Å². The first-order chi connectivity index (χ1) is 10.1. The predicted molar refractivity (Wildman–Crippen MR) is 91.4 cm³/mol. The third-order valence-electron chi connectivity index (χ3n) is 3.84. The summed E-state index contributed by atoms with van der Waals surface area (Å²) in [5, 5.41) is 7.91. The van der Waals surface area contributed by atoms with E-state index in [2.05, 4.69) is 64.5 Å². The van der Waals surface area contributed by atoms with Crippen LogP contribution in [-0.4, -0.2) is 16.3 Å². The molecule has 0 aliphatic carbocycles. The largest absolute Gasteiger partial charge is 0.310 e.